The summed E-state index contributed by atoms with van der Waals surface area (Å²) in [4.78, 5) is 23.6. The number of amides is 1. The van der Waals surface area contributed by atoms with Crippen molar-refractivity contribution in [2.24, 2.45) is 0 Å². The second-order valence-electron chi connectivity index (χ2n) is 8.40. The maximum atomic E-state index is 12.5. The minimum absolute atomic E-state index is 0.218. The minimum atomic E-state index is -0.218. The topological polar surface area (TPSA) is 67.4 Å². The summed E-state index contributed by atoms with van der Waals surface area (Å²) in [6, 6.07) is 25.7. The maximum absolute atomic E-state index is 12.5. The molecule has 0 spiro atoms. The summed E-state index contributed by atoms with van der Waals surface area (Å²) in [6.45, 7) is 4.10. The molecule has 0 unspecified atom stereocenters. The number of ether oxygens (including phenoxy) is 1. The van der Waals surface area contributed by atoms with Gasteiger partial charge in [0.25, 0.3) is 5.91 Å². The highest BCUT2D eigenvalue weighted by Gasteiger charge is 2.19. The molecule has 6 nitrogen and oxygen atoms in total. The van der Waals surface area contributed by atoms with E-state index in [9.17, 15) is 4.79 Å². The number of carbonyl (C=O) groups excluding carboxylic acids is 1. The Morgan fingerprint density at radius 1 is 1.00 bits per heavy atom. The van der Waals surface area contributed by atoms with Gasteiger partial charge in [-0.25, -0.2) is 9.97 Å². The van der Waals surface area contributed by atoms with Crippen LogP contribution in [0.15, 0.2) is 85.1 Å². The molecule has 0 aliphatic carbocycles. The molecule has 0 fully saturated rings. The van der Waals surface area contributed by atoms with Gasteiger partial charge in [0.15, 0.2) is 0 Å². The van der Waals surface area contributed by atoms with Crippen LogP contribution in [0.1, 0.15) is 32.7 Å². The van der Waals surface area contributed by atoms with Gasteiger partial charge in [0.2, 0.25) is 0 Å². The fourth-order valence-electron chi connectivity index (χ4n) is 4.06. The van der Waals surface area contributed by atoms with Crippen LogP contribution in [0.5, 0.6) is 5.75 Å². The first-order valence-electron chi connectivity index (χ1n) is 11.4. The molecular formula is C28H26N4O2. The summed E-state index contributed by atoms with van der Waals surface area (Å²) >= 11 is 0. The molecule has 170 valence electrons. The zero-order chi connectivity index (χ0) is 23.3. The average molecular weight is 451 g/mol. The van der Waals surface area contributed by atoms with Crippen LogP contribution in [0.25, 0.3) is 0 Å². The molecule has 3 heterocycles. The van der Waals surface area contributed by atoms with Gasteiger partial charge in [-0.2, -0.15) is 0 Å². The van der Waals surface area contributed by atoms with Crippen LogP contribution in [0.3, 0.4) is 0 Å². The molecule has 6 heteroatoms. The molecule has 0 saturated carbocycles. The normalized spacial score (nSPS) is 12.7. The molecule has 4 aromatic rings. The maximum Gasteiger partial charge on any atom is 0.258 e. The van der Waals surface area contributed by atoms with Crippen LogP contribution in [0, 0.1) is 6.92 Å². The van der Waals surface area contributed by atoms with E-state index in [1.165, 1.54) is 11.1 Å². The molecule has 1 amide bonds. The van der Waals surface area contributed by atoms with Crippen molar-refractivity contribution in [2.75, 3.05) is 16.8 Å². The van der Waals surface area contributed by atoms with Gasteiger partial charge in [-0.05, 0) is 66.4 Å². The van der Waals surface area contributed by atoms with E-state index in [1.807, 2.05) is 55.5 Å². The van der Waals surface area contributed by atoms with Crippen LogP contribution in [0.4, 0.5) is 11.6 Å². The number of carbonyl (C=O) groups is 1. The van der Waals surface area contributed by atoms with E-state index in [0.29, 0.717) is 18.0 Å². The quantitative estimate of drug-likeness (QED) is 0.438. The Balaban J connectivity index is 1.21. The van der Waals surface area contributed by atoms with Crippen molar-refractivity contribution < 1.29 is 9.53 Å². The number of fused-ring (bicyclic) bond motifs is 1. The molecular weight excluding hydrogens is 424 g/mol. The van der Waals surface area contributed by atoms with Crippen molar-refractivity contribution in [3.05, 3.63) is 113 Å². The third-order valence-corrected chi connectivity index (χ3v) is 5.90. The first-order valence-corrected chi connectivity index (χ1v) is 11.4. The zero-order valence-electron chi connectivity index (χ0n) is 19.1. The van der Waals surface area contributed by atoms with E-state index in [0.717, 1.165) is 42.3 Å². The Hall–Kier alpha value is -4.19. The van der Waals surface area contributed by atoms with Crippen molar-refractivity contribution in [1.29, 1.82) is 0 Å². The summed E-state index contributed by atoms with van der Waals surface area (Å²) in [6.07, 6.45) is 2.54. The van der Waals surface area contributed by atoms with Gasteiger partial charge in [0, 0.05) is 25.0 Å². The second kappa shape index (κ2) is 9.75. The number of nitrogens with one attached hydrogen (secondary N) is 1. The average Bonchev–Trinajstić information content (AvgIpc) is 2.88. The Kier molecular flexibility index (Phi) is 6.21. The lowest BCUT2D eigenvalue weighted by molar-refractivity contribution is 0.102. The highest BCUT2D eigenvalue weighted by Crippen LogP contribution is 2.27. The number of anilines is 2. The van der Waals surface area contributed by atoms with Gasteiger partial charge in [-0.1, -0.05) is 42.5 Å². The zero-order valence-corrected chi connectivity index (χ0v) is 19.1. The van der Waals surface area contributed by atoms with E-state index in [4.69, 9.17) is 4.74 Å². The minimum Gasteiger partial charge on any atom is -0.489 e. The number of aryl methyl sites for hydroxylation is 1. The van der Waals surface area contributed by atoms with Crippen LogP contribution < -0.4 is 15.0 Å². The Bertz CT molecular complexity index is 1290. The predicted octanol–water partition coefficient (Wildman–Crippen LogP) is 5.18. The van der Waals surface area contributed by atoms with Crippen LogP contribution in [0.2, 0.25) is 0 Å². The number of pyridine rings is 2. The van der Waals surface area contributed by atoms with E-state index < -0.39 is 0 Å². The molecule has 34 heavy (non-hydrogen) atoms. The SMILES string of the molecule is Cc1cccc(NC(=O)c2ccc(N3CCc4cc(OCc5ccccc5)ccc4C3)nc2)n1. The van der Waals surface area contributed by atoms with E-state index >= 15 is 0 Å². The van der Waals surface area contributed by atoms with Crippen LogP contribution in [-0.4, -0.2) is 22.4 Å². The number of rotatable bonds is 6. The number of nitrogens with zero attached hydrogens (tertiary/aromatic N) is 3. The summed E-state index contributed by atoms with van der Waals surface area (Å²) in [7, 11) is 0. The molecule has 2 aromatic carbocycles. The number of benzene rings is 2. The van der Waals surface area contributed by atoms with E-state index in [-0.39, 0.29) is 5.91 Å². The molecule has 0 bridgehead atoms. The third-order valence-electron chi connectivity index (χ3n) is 5.90. The summed E-state index contributed by atoms with van der Waals surface area (Å²) in [5.41, 5.74) is 5.09. The molecule has 1 aliphatic rings. The van der Waals surface area contributed by atoms with Crippen molar-refractivity contribution in [1.82, 2.24) is 9.97 Å². The lowest BCUT2D eigenvalue weighted by Gasteiger charge is -2.30. The first-order chi connectivity index (χ1) is 16.6. The summed E-state index contributed by atoms with van der Waals surface area (Å²) in [5, 5.41) is 2.82. The smallest absolute Gasteiger partial charge is 0.258 e. The van der Waals surface area contributed by atoms with Crippen molar-refractivity contribution in [2.45, 2.75) is 26.5 Å². The van der Waals surface area contributed by atoms with E-state index in [1.54, 1.807) is 12.3 Å². The van der Waals surface area contributed by atoms with Gasteiger partial charge in [-0.3, -0.25) is 4.79 Å². The summed E-state index contributed by atoms with van der Waals surface area (Å²) in [5.74, 6) is 2.07. The third kappa shape index (κ3) is 5.07. The molecule has 2 aromatic heterocycles. The van der Waals surface area contributed by atoms with E-state index in [2.05, 4.69) is 44.5 Å². The van der Waals surface area contributed by atoms with Gasteiger partial charge < -0.3 is 15.0 Å². The molecule has 0 atom stereocenters. The monoisotopic (exact) mass is 450 g/mol. The highest BCUT2D eigenvalue weighted by atomic mass is 16.5. The lowest BCUT2D eigenvalue weighted by atomic mass is 9.99. The van der Waals surface area contributed by atoms with Gasteiger partial charge in [0.1, 0.15) is 24.0 Å². The molecule has 0 saturated heterocycles. The Labute approximate surface area is 199 Å². The van der Waals surface area contributed by atoms with Gasteiger partial charge in [-0.15, -0.1) is 0 Å². The predicted molar refractivity (Wildman–Crippen MR) is 133 cm³/mol. The molecule has 1 N–H and O–H groups in total. The molecule has 1 aliphatic heterocycles. The largest absolute Gasteiger partial charge is 0.489 e. The van der Waals surface area contributed by atoms with Gasteiger partial charge in [0.05, 0.1) is 5.56 Å². The summed E-state index contributed by atoms with van der Waals surface area (Å²) < 4.78 is 5.99. The Morgan fingerprint density at radius 2 is 1.88 bits per heavy atom. The molecule has 5 rings (SSSR count). The lowest BCUT2D eigenvalue weighted by Crippen LogP contribution is -2.31. The fourth-order valence-corrected chi connectivity index (χ4v) is 4.06. The number of hydrogen-bond donors (Lipinski definition) is 1. The van der Waals surface area contributed by atoms with Crippen LogP contribution >= 0.6 is 0 Å². The highest BCUT2D eigenvalue weighted by molar-refractivity contribution is 6.03. The molecule has 0 radical (unpaired) electrons. The fraction of sp³-hybridized carbons (Fsp3) is 0.179. The second-order valence-corrected chi connectivity index (χ2v) is 8.40. The van der Waals surface area contributed by atoms with Crippen molar-refractivity contribution in [3.8, 4) is 5.75 Å². The van der Waals surface area contributed by atoms with Gasteiger partial charge >= 0.3 is 0 Å². The first kappa shape index (κ1) is 21.6. The number of hydrogen-bond acceptors (Lipinski definition) is 5. The Morgan fingerprint density at radius 3 is 2.68 bits per heavy atom. The van der Waals surface area contributed by atoms with Crippen molar-refractivity contribution >= 4 is 17.5 Å². The van der Waals surface area contributed by atoms with Crippen molar-refractivity contribution in [3.63, 3.8) is 0 Å². The number of aromatic nitrogens is 2. The van der Waals surface area contributed by atoms with Crippen LogP contribution in [-0.2, 0) is 19.6 Å². The standard InChI is InChI=1S/C28H26N4O2/c1-20-6-5-9-26(30-20)31-28(33)23-11-13-27(29-17-23)32-15-14-22-16-25(12-10-24(22)18-32)34-19-21-7-3-2-4-8-21/h2-13,16-17H,14-15,18-19H2,1H3,(H,30,31,33).